The summed E-state index contributed by atoms with van der Waals surface area (Å²) in [6.45, 7) is 1.93. The van der Waals surface area contributed by atoms with Crippen LogP contribution >= 0.6 is 11.3 Å². The minimum absolute atomic E-state index is 0.00154. The molecule has 0 saturated carbocycles. The molecule has 1 aliphatic heterocycles. The SMILES string of the molecule is Cc1ccccc1/C=N/n1c(=O)c(C2=NS(=O)(=O)c3ccccc3N2)c(O)c2sccc21. The molecule has 0 fully saturated rings. The molecule has 0 unspecified atom stereocenters. The molecular weight excluding hydrogens is 448 g/mol. The summed E-state index contributed by atoms with van der Waals surface area (Å²) >= 11 is 1.21. The summed E-state index contributed by atoms with van der Waals surface area (Å²) in [5.74, 6) is -0.593. The van der Waals surface area contributed by atoms with Crippen molar-refractivity contribution < 1.29 is 13.5 Å². The lowest BCUT2D eigenvalue weighted by Gasteiger charge is -2.19. The van der Waals surface area contributed by atoms with E-state index in [4.69, 9.17) is 0 Å². The average molecular weight is 465 g/mol. The Kier molecular flexibility index (Phi) is 4.68. The van der Waals surface area contributed by atoms with Crippen molar-refractivity contribution in [2.24, 2.45) is 9.50 Å². The van der Waals surface area contributed by atoms with E-state index in [2.05, 4.69) is 14.8 Å². The number of hydrogen-bond acceptors (Lipinski definition) is 7. The van der Waals surface area contributed by atoms with Crippen LogP contribution in [0.2, 0.25) is 0 Å². The Labute approximate surface area is 186 Å². The summed E-state index contributed by atoms with van der Waals surface area (Å²) in [5.41, 5.74) is 1.52. The number of fused-ring (bicyclic) bond motifs is 2. The monoisotopic (exact) mass is 464 g/mol. The van der Waals surface area contributed by atoms with Crippen LogP contribution in [0.3, 0.4) is 0 Å². The second-order valence-corrected chi connectivity index (χ2v) is 9.60. The molecule has 0 radical (unpaired) electrons. The van der Waals surface area contributed by atoms with E-state index in [0.717, 1.165) is 15.8 Å². The number of sulfonamides is 1. The van der Waals surface area contributed by atoms with Gasteiger partial charge >= 0.3 is 0 Å². The summed E-state index contributed by atoms with van der Waals surface area (Å²) in [4.78, 5) is 13.4. The van der Waals surface area contributed by atoms with Crippen molar-refractivity contribution in [1.29, 1.82) is 0 Å². The first-order chi connectivity index (χ1) is 15.4. The lowest BCUT2D eigenvalue weighted by Crippen LogP contribution is -2.31. The molecule has 10 heteroatoms. The van der Waals surface area contributed by atoms with Gasteiger partial charge in [0.1, 0.15) is 10.5 Å². The molecule has 0 aliphatic carbocycles. The number of para-hydroxylation sites is 1. The van der Waals surface area contributed by atoms with Gasteiger partial charge in [0.15, 0.2) is 11.6 Å². The number of aromatic nitrogens is 1. The summed E-state index contributed by atoms with van der Waals surface area (Å²) < 4.78 is 30.7. The van der Waals surface area contributed by atoms with Crippen molar-refractivity contribution in [1.82, 2.24) is 4.68 Å². The first-order valence-corrected chi connectivity index (χ1v) is 11.9. The average Bonchev–Trinajstić information content (AvgIpc) is 3.25. The summed E-state index contributed by atoms with van der Waals surface area (Å²) in [5, 5.41) is 19.8. The molecule has 5 rings (SSSR count). The van der Waals surface area contributed by atoms with Crippen LogP contribution in [0.4, 0.5) is 5.69 Å². The van der Waals surface area contributed by atoms with Crippen molar-refractivity contribution in [3.8, 4) is 5.75 Å². The number of aromatic hydroxyl groups is 1. The Morgan fingerprint density at radius 1 is 1.12 bits per heavy atom. The van der Waals surface area contributed by atoms with E-state index in [1.54, 1.807) is 35.9 Å². The first-order valence-electron chi connectivity index (χ1n) is 9.53. The number of hydrogen-bond donors (Lipinski definition) is 2. The number of thiophene rings is 1. The van der Waals surface area contributed by atoms with E-state index < -0.39 is 15.6 Å². The van der Waals surface area contributed by atoms with Gasteiger partial charge in [-0.15, -0.1) is 15.7 Å². The van der Waals surface area contributed by atoms with Gasteiger partial charge in [-0.25, -0.2) is 0 Å². The lowest BCUT2D eigenvalue weighted by atomic mass is 10.1. The van der Waals surface area contributed by atoms with E-state index >= 15 is 0 Å². The van der Waals surface area contributed by atoms with Gasteiger partial charge in [-0.05, 0) is 41.6 Å². The minimum Gasteiger partial charge on any atom is -0.505 e. The van der Waals surface area contributed by atoms with Crippen molar-refractivity contribution in [3.63, 3.8) is 0 Å². The molecule has 8 nitrogen and oxygen atoms in total. The third-order valence-electron chi connectivity index (χ3n) is 5.10. The molecule has 32 heavy (non-hydrogen) atoms. The number of nitrogens with zero attached hydrogens (tertiary/aromatic N) is 3. The van der Waals surface area contributed by atoms with Crippen LogP contribution < -0.4 is 10.9 Å². The number of benzene rings is 2. The second kappa shape index (κ2) is 7.43. The van der Waals surface area contributed by atoms with Crippen LogP contribution in [0.5, 0.6) is 5.75 Å². The Bertz CT molecular complexity index is 1610. The molecule has 4 aromatic rings. The van der Waals surface area contributed by atoms with Crippen LogP contribution in [0, 0.1) is 6.92 Å². The van der Waals surface area contributed by atoms with Crippen LogP contribution in [0.1, 0.15) is 16.7 Å². The second-order valence-electron chi connectivity index (χ2n) is 7.11. The molecule has 2 aromatic heterocycles. The fraction of sp³-hybridized carbons (Fsp3) is 0.0455. The number of amidine groups is 1. The summed E-state index contributed by atoms with van der Waals surface area (Å²) in [6.07, 6.45) is 1.55. The van der Waals surface area contributed by atoms with E-state index in [1.807, 2.05) is 31.2 Å². The summed E-state index contributed by atoms with van der Waals surface area (Å²) in [6, 6.07) is 15.5. The fourth-order valence-electron chi connectivity index (χ4n) is 3.48. The standard InChI is InChI=1S/C22H16N4O4S2/c1-13-6-2-3-7-14(13)12-23-26-16-10-11-31-20(16)19(27)18(22(26)28)21-24-15-8-4-5-9-17(15)32(29,30)25-21/h2-12,27H,1H3,(H,24,25)/b23-12+. The van der Waals surface area contributed by atoms with Gasteiger partial charge in [-0.3, -0.25) is 4.79 Å². The maximum absolute atomic E-state index is 13.4. The van der Waals surface area contributed by atoms with Crippen LogP contribution in [-0.4, -0.2) is 30.3 Å². The summed E-state index contributed by atoms with van der Waals surface area (Å²) in [7, 11) is -4.06. The van der Waals surface area contributed by atoms with E-state index in [0.29, 0.717) is 10.2 Å². The first kappa shape index (κ1) is 20.2. The number of pyridine rings is 1. The molecule has 2 aromatic carbocycles. The third kappa shape index (κ3) is 3.20. The van der Waals surface area contributed by atoms with E-state index in [-0.39, 0.29) is 27.7 Å². The van der Waals surface area contributed by atoms with Gasteiger partial charge < -0.3 is 10.4 Å². The Morgan fingerprint density at radius 3 is 2.69 bits per heavy atom. The Hall–Kier alpha value is -3.76. The zero-order chi connectivity index (χ0) is 22.5. The highest BCUT2D eigenvalue weighted by Crippen LogP contribution is 2.34. The van der Waals surface area contributed by atoms with Gasteiger partial charge in [0.05, 0.1) is 22.1 Å². The highest BCUT2D eigenvalue weighted by atomic mass is 32.2. The van der Waals surface area contributed by atoms with Crippen LogP contribution in [0.15, 0.2) is 79.2 Å². The van der Waals surface area contributed by atoms with Gasteiger partial charge in [-0.1, -0.05) is 36.4 Å². The smallest absolute Gasteiger partial charge is 0.286 e. The number of rotatable bonds is 3. The predicted octanol–water partition coefficient (Wildman–Crippen LogP) is 3.52. The van der Waals surface area contributed by atoms with Gasteiger partial charge in [-0.2, -0.15) is 18.2 Å². The van der Waals surface area contributed by atoms with Gasteiger partial charge in [0.25, 0.3) is 15.6 Å². The predicted molar refractivity (Wildman–Crippen MR) is 126 cm³/mol. The van der Waals surface area contributed by atoms with Crippen molar-refractivity contribution in [3.05, 3.63) is 87.0 Å². The highest BCUT2D eigenvalue weighted by molar-refractivity contribution is 7.90. The minimum atomic E-state index is -4.06. The molecule has 2 N–H and O–H groups in total. The quantitative estimate of drug-likeness (QED) is 0.451. The lowest BCUT2D eigenvalue weighted by molar-refractivity contribution is 0.479. The number of aryl methyl sites for hydroxylation is 1. The van der Waals surface area contributed by atoms with Gasteiger partial charge in [0, 0.05) is 0 Å². The molecule has 0 atom stereocenters. The third-order valence-corrected chi connectivity index (χ3v) is 7.34. The van der Waals surface area contributed by atoms with E-state index in [9.17, 15) is 18.3 Å². The molecule has 0 spiro atoms. The highest BCUT2D eigenvalue weighted by Gasteiger charge is 2.30. The van der Waals surface area contributed by atoms with Gasteiger partial charge in [0.2, 0.25) is 0 Å². The zero-order valence-corrected chi connectivity index (χ0v) is 18.3. The molecule has 160 valence electrons. The van der Waals surface area contributed by atoms with Crippen molar-refractivity contribution in [2.75, 3.05) is 5.32 Å². The topological polar surface area (TPSA) is 113 Å². The molecule has 3 heterocycles. The van der Waals surface area contributed by atoms with Crippen molar-refractivity contribution >= 4 is 49.3 Å². The molecule has 0 bridgehead atoms. The largest absolute Gasteiger partial charge is 0.505 e. The number of nitrogens with one attached hydrogen (secondary N) is 1. The van der Waals surface area contributed by atoms with Crippen LogP contribution in [0.25, 0.3) is 10.2 Å². The van der Waals surface area contributed by atoms with Crippen LogP contribution in [-0.2, 0) is 10.0 Å². The maximum atomic E-state index is 13.4. The molecule has 0 saturated heterocycles. The molecular formula is C22H16N4O4S2. The normalized spacial score (nSPS) is 14.8. The Morgan fingerprint density at radius 2 is 1.88 bits per heavy atom. The Balaban J connectivity index is 1.73. The van der Waals surface area contributed by atoms with E-state index in [1.165, 1.54) is 17.4 Å². The number of anilines is 1. The van der Waals surface area contributed by atoms with Crippen molar-refractivity contribution in [2.45, 2.75) is 11.8 Å². The zero-order valence-electron chi connectivity index (χ0n) is 16.7. The fourth-order valence-corrected chi connectivity index (χ4v) is 5.42. The maximum Gasteiger partial charge on any atom is 0.286 e. The molecule has 0 amide bonds. The molecule has 1 aliphatic rings.